The Bertz CT molecular complexity index is 845. The monoisotopic (exact) mass is 345 g/mol. The number of hydrogen-bond acceptors (Lipinski definition) is 6. The highest BCUT2D eigenvalue weighted by atomic mass is 32.2. The maximum atomic E-state index is 13.6. The van der Waals surface area contributed by atoms with E-state index >= 15 is 0 Å². The predicted octanol–water partition coefficient (Wildman–Crippen LogP) is 3.77. The van der Waals surface area contributed by atoms with E-state index in [2.05, 4.69) is 20.3 Å². The lowest BCUT2D eigenvalue weighted by Crippen LogP contribution is -2.06. The molecule has 0 bridgehead atoms. The summed E-state index contributed by atoms with van der Waals surface area (Å²) in [5.74, 6) is -0.0415. The van der Waals surface area contributed by atoms with Crippen LogP contribution in [0.3, 0.4) is 0 Å². The first-order valence-electron chi connectivity index (χ1n) is 7.00. The van der Waals surface area contributed by atoms with Crippen LogP contribution in [0.5, 0.6) is 0 Å². The standard InChI is InChI=1S/C16H13F2N5S/c17-10-6-7-12(18)13(8-10)24-9-14-21-15(19)23-16(22-14)20-11-4-2-1-3-5-11/h1-8H,9H2,(H3,19,20,21,22,23). The van der Waals surface area contributed by atoms with Crippen LogP contribution >= 0.6 is 11.8 Å². The molecule has 3 N–H and O–H groups in total. The molecular weight excluding hydrogens is 332 g/mol. The van der Waals surface area contributed by atoms with Gasteiger partial charge in [0.2, 0.25) is 11.9 Å². The number of halogens is 2. The molecule has 24 heavy (non-hydrogen) atoms. The second-order valence-electron chi connectivity index (χ2n) is 4.79. The van der Waals surface area contributed by atoms with E-state index in [1.54, 1.807) is 0 Å². The van der Waals surface area contributed by atoms with Crippen LogP contribution in [0.1, 0.15) is 5.82 Å². The summed E-state index contributed by atoms with van der Waals surface area (Å²) in [5.41, 5.74) is 6.49. The van der Waals surface area contributed by atoms with E-state index in [1.165, 1.54) is 0 Å². The molecule has 0 saturated heterocycles. The first-order valence-corrected chi connectivity index (χ1v) is 7.99. The summed E-state index contributed by atoms with van der Waals surface area (Å²) in [5, 5.41) is 3.02. The van der Waals surface area contributed by atoms with E-state index in [0.717, 1.165) is 35.6 Å². The van der Waals surface area contributed by atoms with Gasteiger partial charge in [-0.15, -0.1) is 11.8 Å². The fraction of sp³-hybridized carbons (Fsp3) is 0.0625. The van der Waals surface area contributed by atoms with Crippen LogP contribution in [0.2, 0.25) is 0 Å². The normalized spacial score (nSPS) is 10.6. The molecule has 1 aromatic heterocycles. The SMILES string of the molecule is Nc1nc(CSc2cc(F)ccc2F)nc(Nc2ccccc2)n1. The zero-order valence-corrected chi connectivity index (χ0v) is 13.2. The highest BCUT2D eigenvalue weighted by Gasteiger charge is 2.09. The summed E-state index contributed by atoms with van der Waals surface area (Å²) in [6.07, 6.45) is 0. The van der Waals surface area contributed by atoms with Gasteiger partial charge >= 0.3 is 0 Å². The molecule has 0 fully saturated rings. The molecule has 0 unspecified atom stereocenters. The van der Waals surface area contributed by atoms with Crippen molar-refractivity contribution < 1.29 is 8.78 Å². The Morgan fingerprint density at radius 3 is 2.58 bits per heavy atom. The lowest BCUT2D eigenvalue weighted by molar-refractivity contribution is 0.577. The van der Waals surface area contributed by atoms with E-state index in [0.29, 0.717) is 11.8 Å². The summed E-state index contributed by atoms with van der Waals surface area (Å²) < 4.78 is 26.8. The van der Waals surface area contributed by atoms with E-state index in [-0.39, 0.29) is 16.6 Å². The van der Waals surface area contributed by atoms with Gasteiger partial charge in [-0.3, -0.25) is 0 Å². The fourth-order valence-electron chi connectivity index (χ4n) is 1.94. The smallest absolute Gasteiger partial charge is 0.232 e. The average Bonchev–Trinajstić information content (AvgIpc) is 2.56. The minimum Gasteiger partial charge on any atom is -0.368 e. The number of rotatable bonds is 5. The number of nitrogens with one attached hydrogen (secondary N) is 1. The van der Waals surface area contributed by atoms with Crippen LogP contribution in [-0.2, 0) is 5.75 Å². The second kappa shape index (κ2) is 7.22. The van der Waals surface area contributed by atoms with E-state index in [1.807, 2.05) is 30.3 Å². The molecule has 0 atom stereocenters. The molecular formula is C16H13F2N5S. The van der Waals surface area contributed by atoms with Gasteiger partial charge in [-0.1, -0.05) is 18.2 Å². The molecule has 3 rings (SSSR count). The molecule has 1 heterocycles. The van der Waals surface area contributed by atoms with Crippen LogP contribution < -0.4 is 11.1 Å². The van der Waals surface area contributed by atoms with Crippen molar-refractivity contribution in [2.45, 2.75) is 10.6 Å². The van der Waals surface area contributed by atoms with Crippen molar-refractivity contribution >= 4 is 29.3 Å². The highest BCUT2D eigenvalue weighted by molar-refractivity contribution is 7.98. The number of nitrogens with zero attached hydrogens (tertiary/aromatic N) is 3. The molecule has 0 aliphatic heterocycles. The predicted molar refractivity (Wildman–Crippen MR) is 89.9 cm³/mol. The zero-order chi connectivity index (χ0) is 16.9. The average molecular weight is 345 g/mol. The summed E-state index contributed by atoms with van der Waals surface area (Å²) in [6, 6.07) is 12.6. The highest BCUT2D eigenvalue weighted by Crippen LogP contribution is 2.25. The first-order chi connectivity index (χ1) is 11.6. The molecule has 0 radical (unpaired) electrons. The fourth-order valence-corrected chi connectivity index (χ4v) is 2.75. The van der Waals surface area contributed by atoms with Crippen molar-refractivity contribution in [1.29, 1.82) is 0 Å². The van der Waals surface area contributed by atoms with Crippen molar-refractivity contribution in [3.63, 3.8) is 0 Å². The van der Waals surface area contributed by atoms with Gasteiger partial charge in [0.05, 0.1) is 5.75 Å². The van der Waals surface area contributed by atoms with Gasteiger partial charge in [-0.05, 0) is 30.3 Å². The number of hydrogen-bond donors (Lipinski definition) is 2. The Kier molecular flexibility index (Phi) is 4.85. The molecule has 8 heteroatoms. The van der Waals surface area contributed by atoms with Crippen molar-refractivity contribution in [3.05, 3.63) is 66.0 Å². The minimum absolute atomic E-state index is 0.0544. The zero-order valence-electron chi connectivity index (χ0n) is 12.4. The molecule has 3 aromatic rings. The molecule has 2 aromatic carbocycles. The quantitative estimate of drug-likeness (QED) is 0.686. The minimum atomic E-state index is -0.500. The molecule has 0 amide bonds. The number of nitrogens with two attached hydrogens (primary N) is 1. The molecule has 122 valence electrons. The summed E-state index contributed by atoms with van der Waals surface area (Å²) in [4.78, 5) is 12.5. The Morgan fingerprint density at radius 2 is 1.79 bits per heavy atom. The summed E-state index contributed by atoms with van der Waals surface area (Å²) >= 11 is 1.09. The number of nitrogen functional groups attached to an aromatic ring is 1. The summed E-state index contributed by atoms with van der Waals surface area (Å²) in [6.45, 7) is 0. The van der Waals surface area contributed by atoms with Crippen LogP contribution in [0.4, 0.5) is 26.4 Å². The Balaban J connectivity index is 1.75. The third-order valence-electron chi connectivity index (χ3n) is 2.98. The molecule has 5 nitrogen and oxygen atoms in total. The maximum absolute atomic E-state index is 13.6. The second-order valence-corrected chi connectivity index (χ2v) is 5.81. The van der Waals surface area contributed by atoms with Gasteiger partial charge in [0.1, 0.15) is 17.5 Å². The van der Waals surface area contributed by atoms with Crippen LogP contribution in [0.15, 0.2) is 53.4 Å². The first kappa shape index (κ1) is 16.1. The van der Waals surface area contributed by atoms with Gasteiger partial charge in [0.25, 0.3) is 0 Å². The Labute approximate surface area is 141 Å². The molecule has 0 spiro atoms. The third kappa shape index (κ3) is 4.17. The van der Waals surface area contributed by atoms with Crippen molar-refractivity contribution in [1.82, 2.24) is 15.0 Å². The molecule has 0 aliphatic carbocycles. The molecule has 0 aliphatic rings. The van der Waals surface area contributed by atoms with Gasteiger partial charge in [-0.2, -0.15) is 15.0 Å². The number of para-hydroxylation sites is 1. The van der Waals surface area contributed by atoms with Crippen molar-refractivity contribution in [2.75, 3.05) is 11.1 Å². The van der Waals surface area contributed by atoms with Crippen molar-refractivity contribution in [2.24, 2.45) is 0 Å². The van der Waals surface area contributed by atoms with E-state index < -0.39 is 11.6 Å². The lowest BCUT2D eigenvalue weighted by Gasteiger charge is -2.07. The van der Waals surface area contributed by atoms with Gasteiger partial charge in [-0.25, -0.2) is 8.78 Å². The van der Waals surface area contributed by atoms with Crippen LogP contribution in [0.25, 0.3) is 0 Å². The van der Waals surface area contributed by atoms with E-state index in [4.69, 9.17) is 5.73 Å². The van der Waals surface area contributed by atoms with Crippen molar-refractivity contribution in [3.8, 4) is 0 Å². The number of anilines is 3. The number of thioether (sulfide) groups is 1. The lowest BCUT2D eigenvalue weighted by atomic mass is 10.3. The number of aromatic nitrogens is 3. The molecule has 0 saturated carbocycles. The Hall–Kier alpha value is -2.74. The summed E-state index contributed by atoms with van der Waals surface area (Å²) in [7, 11) is 0. The topological polar surface area (TPSA) is 76.7 Å². The van der Waals surface area contributed by atoms with Gasteiger partial charge in [0.15, 0.2) is 0 Å². The van der Waals surface area contributed by atoms with Gasteiger partial charge < -0.3 is 11.1 Å². The van der Waals surface area contributed by atoms with Gasteiger partial charge in [0, 0.05) is 10.6 Å². The number of benzene rings is 2. The maximum Gasteiger partial charge on any atom is 0.232 e. The van der Waals surface area contributed by atoms with Crippen LogP contribution in [0, 0.1) is 11.6 Å². The third-order valence-corrected chi connectivity index (χ3v) is 4.01. The van der Waals surface area contributed by atoms with Crippen LogP contribution in [-0.4, -0.2) is 15.0 Å². The Morgan fingerprint density at radius 1 is 1.00 bits per heavy atom. The largest absolute Gasteiger partial charge is 0.368 e. The van der Waals surface area contributed by atoms with E-state index in [9.17, 15) is 8.78 Å².